The fraction of sp³-hybridized carbons (Fsp3) is 0.471. The van der Waals surface area contributed by atoms with Gasteiger partial charge < -0.3 is 9.47 Å². The predicted octanol–water partition coefficient (Wildman–Crippen LogP) is 2.03. The molecule has 0 bridgehead atoms. The van der Waals surface area contributed by atoms with Crippen molar-refractivity contribution < 1.29 is 23.9 Å². The molecule has 1 heterocycles. The smallest absolute Gasteiger partial charge is 0.332 e. The minimum atomic E-state index is -0.541. The standard InChI is InChI=1S/C17H21NO5/c1-17(2,3)23-14(19)11-22-10-6-9-18-15(20)12-7-4-5-8-13(12)16(18)21/h4-5,7-8H,6,9-11H2,1-3H3. The van der Waals surface area contributed by atoms with Crippen LogP contribution in [-0.2, 0) is 14.3 Å². The average Bonchev–Trinajstić information content (AvgIpc) is 2.70. The molecule has 2 amide bonds. The molecule has 1 aromatic rings. The van der Waals surface area contributed by atoms with Gasteiger partial charge in [-0.1, -0.05) is 12.1 Å². The van der Waals surface area contributed by atoms with Crippen molar-refractivity contribution in [3.8, 4) is 0 Å². The van der Waals surface area contributed by atoms with Crippen LogP contribution in [0.4, 0.5) is 0 Å². The van der Waals surface area contributed by atoms with Crippen LogP contribution in [0.2, 0.25) is 0 Å². The van der Waals surface area contributed by atoms with Crippen LogP contribution in [0, 0.1) is 0 Å². The van der Waals surface area contributed by atoms with E-state index in [1.54, 1.807) is 45.0 Å². The average molecular weight is 319 g/mol. The second-order valence-electron chi connectivity index (χ2n) is 6.30. The summed E-state index contributed by atoms with van der Waals surface area (Å²) in [6.07, 6.45) is 0.467. The summed E-state index contributed by atoms with van der Waals surface area (Å²) in [5, 5.41) is 0. The Morgan fingerprint density at radius 1 is 1.09 bits per heavy atom. The summed E-state index contributed by atoms with van der Waals surface area (Å²) in [5.41, 5.74) is 0.333. The molecule has 0 fully saturated rings. The number of carbonyl (C=O) groups is 3. The summed E-state index contributed by atoms with van der Waals surface area (Å²) in [6, 6.07) is 6.76. The topological polar surface area (TPSA) is 72.9 Å². The Kier molecular flexibility index (Phi) is 5.15. The lowest BCUT2D eigenvalue weighted by Crippen LogP contribution is -2.31. The Morgan fingerprint density at radius 2 is 1.65 bits per heavy atom. The molecule has 124 valence electrons. The SMILES string of the molecule is CC(C)(C)OC(=O)COCCCN1C(=O)c2ccccc2C1=O. The molecule has 0 atom stereocenters. The Morgan fingerprint density at radius 3 is 2.17 bits per heavy atom. The largest absolute Gasteiger partial charge is 0.458 e. The summed E-state index contributed by atoms with van der Waals surface area (Å²) < 4.78 is 10.3. The number of hydrogen-bond donors (Lipinski definition) is 0. The summed E-state index contributed by atoms with van der Waals surface area (Å²) in [7, 11) is 0. The fourth-order valence-corrected chi connectivity index (χ4v) is 2.29. The van der Waals surface area contributed by atoms with Crippen molar-refractivity contribution >= 4 is 17.8 Å². The monoisotopic (exact) mass is 319 g/mol. The highest BCUT2D eigenvalue weighted by Gasteiger charge is 2.34. The molecule has 1 aromatic carbocycles. The summed E-state index contributed by atoms with van der Waals surface area (Å²) in [5.74, 6) is -0.992. The number of benzene rings is 1. The molecule has 6 heteroatoms. The molecule has 0 unspecified atom stereocenters. The lowest BCUT2D eigenvalue weighted by Gasteiger charge is -2.19. The Bertz CT molecular complexity index is 583. The number of amides is 2. The third kappa shape index (κ3) is 4.39. The number of imide groups is 1. The van der Waals surface area contributed by atoms with Gasteiger partial charge in [0, 0.05) is 13.2 Å². The lowest BCUT2D eigenvalue weighted by atomic mass is 10.1. The van der Waals surface area contributed by atoms with E-state index in [2.05, 4.69) is 0 Å². The molecule has 0 saturated heterocycles. The number of hydrogen-bond acceptors (Lipinski definition) is 5. The summed E-state index contributed by atoms with van der Waals surface area (Å²) in [6.45, 7) is 5.75. The van der Waals surface area contributed by atoms with Crippen molar-refractivity contribution in [1.29, 1.82) is 0 Å². The van der Waals surface area contributed by atoms with E-state index < -0.39 is 11.6 Å². The number of rotatable bonds is 6. The minimum Gasteiger partial charge on any atom is -0.458 e. The van der Waals surface area contributed by atoms with E-state index in [0.717, 1.165) is 0 Å². The molecule has 0 radical (unpaired) electrons. The quantitative estimate of drug-likeness (QED) is 0.456. The molecule has 6 nitrogen and oxygen atoms in total. The zero-order valence-electron chi connectivity index (χ0n) is 13.6. The maximum atomic E-state index is 12.1. The van der Waals surface area contributed by atoms with Gasteiger partial charge in [0.05, 0.1) is 11.1 Å². The van der Waals surface area contributed by atoms with E-state index in [4.69, 9.17) is 9.47 Å². The Hall–Kier alpha value is -2.21. The van der Waals surface area contributed by atoms with Crippen LogP contribution in [0.15, 0.2) is 24.3 Å². The molecule has 0 saturated carbocycles. The van der Waals surface area contributed by atoms with Crippen molar-refractivity contribution in [2.24, 2.45) is 0 Å². The maximum absolute atomic E-state index is 12.1. The first-order valence-corrected chi connectivity index (χ1v) is 7.54. The second-order valence-corrected chi connectivity index (χ2v) is 6.30. The van der Waals surface area contributed by atoms with Gasteiger partial charge >= 0.3 is 5.97 Å². The molecule has 0 spiro atoms. The second kappa shape index (κ2) is 6.91. The highest BCUT2D eigenvalue weighted by atomic mass is 16.6. The van der Waals surface area contributed by atoms with Crippen LogP contribution >= 0.6 is 0 Å². The van der Waals surface area contributed by atoms with E-state index >= 15 is 0 Å². The van der Waals surface area contributed by atoms with Gasteiger partial charge in [0.25, 0.3) is 11.8 Å². The number of ether oxygens (including phenoxy) is 2. The first kappa shape index (κ1) is 17.1. The van der Waals surface area contributed by atoms with Gasteiger partial charge in [-0.3, -0.25) is 14.5 Å². The first-order chi connectivity index (χ1) is 10.8. The van der Waals surface area contributed by atoms with Crippen molar-refractivity contribution in [2.45, 2.75) is 32.8 Å². The number of esters is 1. The number of nitrogens with zero attached hydrogens (tertiary/aromatic N) is 1. The normalized spacial score (nSPS) is 14.1. The Labute approximate surface area is 135 Å². The molecule has 2 rings (SSSR count). The van der Waals surface area contributed by atoms with Gasteiger partial charge in [-0.15, -0.1) is 0 Å². The molecule has 0 aromatic heterocycles. The van der Waals surface area contributed by atoms with Crippen LogP contribution in [0.25, 0.3) is 0 Å². The third-order valence-electron chi connectivity index (χ3n) is 3.19. The van der Waals surface area contributed by atoms with Crippen molar-refractivity contribution in [3.63, 3.8) is 0 Å². The fourth-order valence-electron chi connectivity index (χ4n) is 2.29. The highest BCUT2D eigenvalue weighted by Crippen LogP contribution is 2.22. The van der Waals surface area contributed by atoms with Crippen LogP contribution in [0.1, 0.15) is 47.9 Å². The van der Waals surface area contributed by atoms with Crippen LogP contribution in [0.5, 0.6) is 0 Å². The third-order valence-corrected chi connectivity index (χ3v) is 3.19. The van der Waals surface area contributed by atoms with Gasteiger partial charge in [-0.2, -0.15) is 0 Å². The zero-order valence-corrected chi connectivity index (χ0v) is 13.6. The molecular weight excluding hydrogens is 298 g/mol. The molecule has 0 N–H and O–H groups in total. The van der Waals surface area contributed by atoms with Crippen LogP contribution < -0.4 is 0 Å². The zero-order chi connectivity index (χ0) is 17.0. The van der Waals surface area contributed by atoms with Gasteiger partial charge in [0.15, 0.2) is 0 Å². The number of fused-ring (bicyclic) bond motifs is 1. The van der Waals surface area contributed by atoms with E-state index in [1.165, 1.54) is 4.90 Å². The molecule has 1 aliphatic heterocycles. The van der Waals surface area contributed by atoms with Gasteiger partial charge in [0.2, 0.25) is 0 Å². The molecule has 23 heavy (non-hydrogen) atoms. The van der Waals surface area contributed by atoms with E-state index in [9.17, 15) is 14.4 Å². The Balaban J connectivity index is 1.73. The molecular formula is C17H21NO5. The van der Waals surface area contributed by atoms with Gasteiger partial charge in [0.1, 0.15) is 12.2 Å². The minimum absolute atomic E-state index is 0.139. The van der Waals surface area contributed by atoms with Crippen LogP contribution in [-0.4, -0.2) is 48.0 Å². The molecule has 0 aliphatic carbocycles. The summed E-state index contributed by atoms with van der Waals surface area (Å²) >= 11 is 0. The van der Waals surface area contributed by atoms with Crippen molar-refractivity contribution in [1.82, 2.24) is 4.90 Å². The van der Waals surface area contributed by atoms with Gasteiger partial charge in [-0.25, -0.2) is 4.79 Å². The maximum Gasteiger partial charge on any atom is 0.332 e. The van der Waals surface area contributed by atoms with E-state index in [0.29, 0.717) is 17.5 Å². The van der Waals surface area contributed by atoms with Crippen LogP contribution in [0.3, 0.4) is 0 Å². The highest BCUT2D eigenvalue weighted by molar-refractivity contribution is 6.21. The van der Waals surface area contributed by atoms with Crippen molar-refractivity contribution in [2.75, 3.05) is 19.8 Å². The van der Waals surface area contributed by atoms with E-state index in [1.807, 2.05) is 0 Å². The predicted molar refractivity (Wildman–Crippen MR) is 83.1 cm³/mol. The first-order valence-electron chi connectivity index (χ1n) is 7.54. The van der Waals surface area contributed by atoms with Crippen molar-refractivity contribution in [3.05, 3.63) is 35.4 Å². The lowest BCUT2D eigenvalue weighted by molar-refractivity contribution is -0.160. The van der Waals surface area contributed by atoms with Gasteiger partial charge in [-0.05, 0) is 39.3 Å². The van der Waals surface area contributed by atoms with E-state index in [-0.39, 0.29) is 31.6 Å². The molecule has 1 aliphatic rings. The summed E-state index contributed by atoms with van der Waals surface area (Å²) in [4.78, 5) is 36.9. The number of carbonyl (C=O) groups excluding carboxylic acids is 3.